The van der Waals surface area contributed by atoms with Crippen molar-refractivity contribution in [3.63, 3.8) is 0 Å². The molecule has 0 aliphatic heterocycles. The molecule has 0 aromatic carbocycles. The molecule has 1 atom stereocenters. The van der Waals surface area contributed by atoms with E-state index in [-0.39, 0.29) is 11.7 Å². The van der Waals surface area contributed by atoms with E-state index >= 15 is 0 Å². The molecule has 0 saturated heterocycles. The molecule has 0 fully saturated rings. The second-order valence-corrected chi connectivity index (χ2v) is 5.01. The molecule has 118 valence electrons. The van der Waals surface area contributed by atoms with E-state index in [9.17, 15) is 14.4 Å². The first-order valence-electron chi connectivity index (χ1n) is 7.64. The Labute approximate surface area is 127 Å². The number of primary amides is 1. The van der Waals surface area contributed by atoms with E-state index in [4.69, 9.17) is 5.73 Å². The zero-order chi connectivity index (χ0) is 16.1. The summed E-state index contributed by atoms with van der Waals surface area (Å²) in [5.74, 6) is 3.36. The molecule has 0 bridgehead atoms. The fourth-order valence-electron chi connectivity index (χ4n) is 1.85. The average molecular weight is 294 g/mol. The smallest absolute Gasteiger partial charge is 0.293 e. The van der Waals surface area contributed by atoms with Crippen LogP contribution in [0.2, 0.25) is 0 Å². The van der Waals surface area contributed by atoms with Crippen LogP contribution in [0.15, 0.2) is 0 Å². The Morgan fingerprint density at radius 3 is 2.24 bits per heavy atom. The van der Waals surface area contributed by atoms with Crippen LogP contribution in [0, 0.1) is 11.8 Å². The summed E-state index contributed by atoms with van der Waals surface area (Å²) < 4.78 is 0. The summed E-state index contributed by atoms with van der Waals surface area (Å²) in [6.07, 6.45) is 6.59. The van der Waals surface area contributed by atoms with Crippen molar-refractivity contribution in [1.82, 2.24) is 5.32 Å². The first-order chi connectivity index (χ1) is 10.0. The van der Waals surface area contributed by atoms with Crippen LogP contribution in [0.1, 0.15) is 65.2 Å². The zero-order valence-electron chi connectivity index (χ0n) is 13.0. The van der Waals surface area contributed by atoms with Crippen LogP contribution in [0.3, 0.4) is 0 Å². The lowest BCUT2D eigenvalue weighted by atomic mass is 10.1. The first kappa shape index (κ1) is 19.2. The normalized spacial score (nSPS) is 11.1. The highest BCUT2D eigenvalue weighted by atomic mass is 16.2. The van der Waals surface area contributed by atoms with Crippen LogP contribution in [0.25, 0.3) is 0 Å². The van der Waals surface area contributed by atoms with Gasteiger partial charge in [-0.15, -0.1) is 0 Å². The molecule has 5 heteroatoms. The summed E-state index contributed by atoms with van der Waals surface area (Å²) in [6, 6.07) is -0.930. The van der Waals surface area contributed by atoms with Crippen molar-refractivity contribution in [3.8, 4) is 11.8 Å². The molecular weight excluding hydrogens is 268 g/mol. The van der Waals surface area contributed by atoms with Gasteiger partial charge in [-0.25, -0.2) is 0 Å². The molecule has 0 aromatic heterocycles. The minimum absolute atomic E-state index is 0.189. The molecule has 5 nitrogen and oxygen atoms in total. The average Bonchev–Trinajstić information content (AvgIpc) is 2.43. The number of carbonyl (C=O) groups is 3. The van der Waals surface area contributed by atoms with Crippen LogP contribution >= 0.6 is 0 Å². The summed E-state index contributed by atoms with van der Waals surface area (Å²) in [6.45, 7) is 4.00. The molecular formula is C16H26N2O3. The molecule has 2 amide bonds. The molecule has 21 heavy (non-hydrogen) atoms. The highest BCUT2D eigenvalue weighted by molar-refractivity contribution is 5.96. The van der Waals surface area contributed by atoms with Gasteiger partial charge in [-0.1, -0.05) is 45.5 Å². The van der Waals surface area contributed by atoms with Crippen LogP contribution in [0.5, 0.6) is 0 Å². The molecule has 0 aliphatic rings. The zero-order valence-corrected chi connectivity index (χ0v) is 13.0. The van der Waals surface area contributed by atoms with E-state index in [2.05, 4.69) is 24.1 Å². The SMILES string of the molecule is CCCCCCCC(=O)NC(C#CC(N)=O)C(=O)CCC. The Morgan fingerprint density at radius 2 is 1.67 bits per heavy atom. The van der Waals surface area contributed by atoms with Crippen molar-refractivity contribution in [3.05, 3.63) is 0 Å². The van der Waals surface area contributed by atoms with Crippen molar-refractivity contribution < 1.29 is 14.4 Å². The first-order valence-corrected chi connectivity index (χ1v) is 7.64. The van der Waals surface area contributed by atoms with Crippen molar-refractivity contribution >= 4 is 17.6 Å². The molecule has 1 unspecified atom stereocenters. The Morgan fingerprint density at radius 1 is 1.00 bits per heavy atom. The van der Waals surface area contributed by atoms with E-state index in [0.29, 0.717) is 19.3 Å². The maximum absolute atomic E-state index is 11.8. The largest absolute Gasteiger partial charge is 0.359 e. The lowest BCUT2D eigenvalue weighted by Crippen LogP contribution is -2.39. The summed E-state index contributed by atoms with van der Waals surface area (Å²) in [4.78, 5) is 34.3. The third-order valence-electron chi connectivity index (χ3n) is 2.97. The monoisotopic (exact) mass is 294 g/mol. The van der Waals surface area contributed by atoms with E-state index in [1.165, 1.54) is 6.42 Å². The fraction of sp³-hybridized carbons (Fsp3) is 0.688. The quantitative estimate of drug-likeness (QED) is 0.474. The van der Waals surface area contributed by atoms with E-state index in [0.717, 1.165) is 25.7 Å². The van der Waals surface area contributed by atoms with Gasteiger partial charge in [0.15, 0.2) is 5.78 Å². The maximum Gasteiger partial charge on any atom is 0.293 e. The predicted octanol–water partition coefficient (Wildman–Crippen LogP) is 1.69. The van der Waals surface area contributed by atoms with Crippen LogP contribution in [-0.4, -0.2) is 23.6 Å². The van der Waals surface area contributed by atoms with Gasteiger partial charge in [0.25, 0.3) is 5.91 Å². The van der Waals surface area contributed by atoms with Gasteiger partial charge >= 0.3 is 0 Å². The summed E-state index contributed by atoms with van der Waals surface area (Å²) in [5.41, 5.74) is 4.94. The minimum atomic E-state index is -0.930. The molecule has 0 aromatic rings. The van der Waals surface area contributed by atoms with Gasteiger partial charge in [0.05, 0.1) is 0 Å². The maximum atomic E-state index is 11.8. The second kappa shape index (κ2) is 12.0. The van der Waals surface area contributed by atoms with Crippen molar-refractivity contribution in [1.29, 1.82) is 0 Å². The molecule has 0 heterocycles. The Hall–Kier alpha value is -1.83. The molecule has 0 aliphatic carbocycles. The summed E-state index contributed by atoms with van der Waals surface area (Å²) in [5, 5.41) is 2.58. The topological polar surface area (TPSA) is 89.3 Å². The van der Waals surface area contributed by atoms with Crippen molar-refractivity contribution in [2.24, 2.45) is 5.73 Å². The molecule has 0 radical (unpaired) electrons. The van der Waals surface area contributed by atoms with Crippen molar-refractivity contribution in [2.45, 2.75) is 71.3 Å². The number of ketones is 1. The van der Waals surface area contributed by atoms with E-state index in [1.807, 2.05) is 6.92 Å². The van der Waals surface area contributed by atoms with Crippen molar-refractivity contribution in [2.75, 3.05) is 0 Å². The Bertz CT molecular complexity index is 407. The van der Waals surface area contributed by atoms with Gasteiger partial charge < -0.3 is 11.1 Å². The van der Waals surface area contributed by atoms with E-state index < -0.39 is 11.9 Å². The Kier molecular flexibility index (Phi) is 10.9. The number of carbonyl (C=O) groups excluding carboxylic acids is 3. The fourth-order valence-corrected chi connectivity index (χ4v) is 1.85. The lowest BCUT2D eigenvalue weighted by molar-refractivity contribution is -0.126. The highest BCUT2D eigenvalue weighted by Gasteiger charge is 2.17. The van der Waals surface area contributed by atoms with Gasteiger partial charge in [0, 0.05) is 12.8 Å². The summed E-state index contributed by atoms with van der Waals surface area (Å²) >= 11 is 0. The number of rotatable bonds is 10. The number of Topliss-reactive ketones (excluding diaryl/α,β-unsaturated/α-hetero) is 1. The van der Waals surface area contributed by atoms with Gasteiger partial charge in [0.2, 0.25) is 5.91 Å². The molecule has 3 N–H and O–H groups in total. The number of hydrogen-bond donors (Lipinski definition) is 2. The number of amides is 2. The van der Waals surface area contributed by atoms with Gasteiger partial charge in [-0.3, -0.25) is 14.4 Å². The predicted molar refractivity (Wildman–Crippen MR) is 82.2 cm³/mol. The minimum Gasteiger partial charge on any atom is -0.359 e. The van der Waals surface area contributed by atoms with Crippen LogP contribution in [-0.2, 0) is 14.4 Å². The number of nitrogens with two attached hydrogens (primary N) is 1. The Balaban J connectivity index is 4.33. The number of hydrogen-bond acceptors (Lipinski definition) is 3. The third-order valence-corrected chi connectivity index (χ3v) is 2.97. The lowest BCUT2D eigenvalue weighted by Gasteiger charge is -2.11. The number of nitrogens with one attached hydrogen (secondary N) is 1. The molecule has 0 saturated carbocycles. The van der Waals surface area contributed by atoms with Crippen LogP contribution < -0.4 is 11.1 Å². The third kappa shape index (κ3) is 10.6. The second-order valence-electron chi connectivity index (χ2n) is 5.01. The number of unbranched alkanes of at least 4 members (excludes halogenated alkanes) is 4. The van der Waals surface area contributed by atoms with Crippen LogP contribution in [0.4, 0.5) is 0 Å². The summed E-state index contributed by atoms with van der Waals surface area (Å²) in [7, 11) is 0. The highest BCUT2D eigenvalue weighted by Crippen LogP contribution is 2.05. The molecule has 0 rings (SSSR count). The van der Waals surface area contributed by atoms with Gasteiger partial charge in [-0.2, -0.15) is 0 Å². The standard InChI is InChI=1S/C16H26N2O3/c1-3-5-6-7-8-10-16(21)18-13(11-12-15(17)20)14(19)9-4-2/h13H,3-10H2,1-2H3,(H2,17,20)(H,18,21). The van der Waals surface area contributed by atoms with Gasteiger partial charge in [0.1, 0.15) is 6.04 Å². The van der Waals surface area contributed by atoms with E-state index in [1.54, 1.807) is 0 Å². The van der Waals surface area contributed by atoms with Gasteiger partial charge in [-0.05, 0) is 18.8 Å². The molecule has 0 spiro atoms.